The maximum Gasteiger partial charge on any atom is 0.241 e. The molecule has 1 rings (SSSR count). The van der Waals surface area contributed by atoms with Crippen LogP contribution in [0.4, 0.5) is 0 Å². The normalized spacial score (nSPS) is 23.1. The van der Waals surface area contributed by atoms with Crippen LogP contribution >= 0.6 is 0 Å². The highest BCUT2D eigenvalue weighted by Crippen LogP contribution is 2.20. The second kappa shape index (κ2) is 9.38. The van der Waals surface area contributed by atoms with Crippen LogP contribution in [0.5, 0.6) is 0 Å². The van der Waals surface area contributed by atoms with Crippen LogP contribution in [0.2, 0.25) is 0 Å². The number of nitrogens with zero attached hydrogens (tertiary/aromatic N) is 1. The van der Waals surface area contributed by atoms with Gasteiger partial charge in [-0.1, -0.05) is 59.8 Å². The molecule has 2 atom stereocenters. The molecular weight excluding hydrogens is 248 g/mol. The third-order valence-corrected chi connectivity index (χ3v) is 4.19. The van der Waals surface area contributed by atoms with Gasteiger partial charge in [-0.15, -0.1) is 0 Å². The maximum absolute atomic E-state index is 12.5. The minimum Gasteiger partial charge on any atom is -0.326 e. The van der Waals surface area contributed by atoms with Gasteiger partial charge in [-0.05, 0) is 25.2 Å². The number of rotatable bonds is 10. The zero-order valence-electron chi connectivity index (χ0n) is 14.0. The van der Waals surface area contributed by atoms with Crippen LogP contribution in [0.3, 0.4) is 0 Å². The van der Waals surface area contributed by atoms with Gasteiger partial charge in [0.15, 0.2) is 0 Å². The highest BCUT2D eigenvalue weighted by molar-refractivity contribution is 5.84. The van der Waals surface area contributed by atoms with Gasteiger partial charge in [0, 0.05) is 6.54 Å². The molecule has 0 aromatic rings. The molecule has 0 aromatic heterocycles. The summed E-state index contributed by atoms with van der Waals surface area (Å²) < 4.78 is 0. The lowest BCUT2D eigenvalue weighted by Gasteiger charge is -2.24. The monoisotopic (exact) mass is 282 g/mol. The summed E-state index contributed by atoms with van der Waals surface area (Å²) in [5.41, 5.74) is 0. The van der Waals surface area contributed by atoms with Crippen molar-refractivity contribution in [1.82, 2.24) is 10.2 Å². The van der Waals surface area contributed by atoms with E-state index in [4.69, 9.17) is 0 Å². The van der Waals surface area contributed by atoms with E-state index >= 15 is 0 Å². The average molecular weight is 282 g/mol. The van der Waals surface area contributed by atoms with E-state index in [0.717, 1.165) is 51.0 Å². The SMILES string of the molecule is CCCCC1NC(CCC)N(CCCCC(C)C)C1=O. The van der Waals surface area contributed by atoms with E-state index in [1.54, 1.807) is 0 Å². The van der Waals surface area contributed by atoms with Crippen molar-refractivity contribution in [2.24, 2.45) is 5.92 Å². The fraction of sp³-hybridized carbons (Fsp3) is 0.941. The Kier molecular flexibility index (Phi) is 8.20. The van der Waals surface area contributed by atoms with E-state index in [-0.39, 0.29) is 12.2 Å². The standard InChI is InChI=1S/C17H34N2O/c1-5-7-12-15-17(20)19(16(18-15)10-6-2)13-9-8-11-14(3)4/h14-16,18H,5-13H2,1-4H3. The molecule has 0 aliphatic carbocycles. The molecular formula is C17H34N2O. The lowest BCUT2D eigenvalue weighted by Crippen LogP contribution is -2.37. The highest BCUT2D eigenvalue weighted by Gasteiger charge is 2.36. The molecule has 1 N–H and O–H groups in total. The van der Waals surface area contributed by atoms with Gasteiger partial charge in [-0.25, -0.2) is 0 Å². The van der Waals surface area contributed by atoms with Gasteiger partial charge in [0.25, 0.3) is 0 Å². The fourth-order valence-corrected chi connectivity index (χ4v) is 2.98. The predicted molar refractivity (Wildman–Crippen MR) is 85.5 cm³/mol. The van der Waals surface area contributed by atoms with E-state index < -0.39 is 0 Å². The quantitative estimate of drug-likeness (QED) is 0.616. The minimum atomic E-state index is 0.0802. The predicted octanol–water partition coefficient (Wildman–Crippen LogP) is 3.93. The van der Waals surface area contributed by atoms with E-state index in [9.17, 15) is 4.79 Å². The molecule has 1 fully saturated rings. The van der Waals surface area contributed by atoms with Crippen molar-refractivity contribution < 1.29 is 4.79 Å². The van der Waals surface area contributed by atoms with Crippen LogP contribution in [0.25, 0.3) is 0 Å². The highest BCUT2D eigenvalue weighted by atomic mass is 16.2. The van der Waals surface area contributed by atoms with Gasteiger partial charge in [0.05, 0.1) is 12.2 Å². The van der Waals surface area contributed by atoms with Crippen molar-refractivity contribution >= 4 is 5.91 Å². The van der Waals surface area contributed by atoms with Crippen molar-refractivity contribution in [1.29, 1.82) is 0 Å². The Morgan fingerprint density at radius 1 is 1.10 bits per heavy atom. The first kappa shape index (κ1) is 17.5. The van der Waals surface area contributed by atoms with Gasteiger partial charge in [-0.2, -0.15) is 0 Å². The largest absolute Gasteiger partial charge is 0.326 e. The Balaban J connectivity index is 2.44. The van der Waals surface area contributed by atoms with Crippen molar-refractivity contribution in [3.8, 4) is 0 Å². The molecule has 1 amide bonds. The van der Waals surface area contributed by atoms with Crippen LogP contribution in [0.15, 0.2) is 0 Å². The Hall–Kier alpha value is -0.570. The zero-order valence-corrected chi connectivity index (χ0v) is 14.0. The molecule has 0 spiro atoms. The number of hydrogen-bond acceptors (Lipinski definition) is 2. The van der Waals surface area contributed by atoms with E-state index in [1.165, 1.54) is 12.8 Å². The first-order valence-corrected chi connectivity index (χ1v) is 8.66. The van der Waals surface area contributed by atoms with Crippen LogP contribution < -0.4 is 5.32 Å². The zero-order chi connectivity index (χ0) is 15.0. The molecule has 3 nitrogen and oxygen atoms in total. The van der Waals surface area contributed by atoms with Gasteiger partial charge in [0.2, 0.25) is 5.91 Å². The van der Waals surface area contributed by atoms with Gasteiger partial charge < -0.3 is 4.90 Å². The van der Waals surface area contributed by atoms with Crippen molar-refractivity contribution in [2.75, 3.05) is 6.54 Å². The van der Waals surface area contributed by atoms with E-state index in [1.807, 2.05) is 0 Å². The van der Waals surface area contributed by atoms with Gasteiger partial charge >= 0.3 is 0 Å². The number of nitrogens with one attached hydrogen (secondary N) is 1. The molecule has 0 radical (unpaired) electrons. The van der Waals surface area contributed by atoms with Crippen molar-refractivity contribution in [3.63, 3.8) is 0 Å². The summed E-state index contributed by atoms with van der Waals surface area (Å²) in [6, 6.07) is 0.0802. The summed E-state index contributed by atoms with van der Waals surface area (Å²) in [4.78, 5) is 14.6. The molecule has 1 aliphatic rings. The number of carbonyl (C=O) groups excluding carboxylic acids is 1. The van der Waals surface area contributed by atoms with Crippen molar-refractivity contribution in [2.45, 2.75) is 91.3 Å². The van der Waals surface area contributed by atoms with Gasteiger partial charge in [-0.3, -0.25) is 10.1 Å². The molecule has 20 heavy (non-hydrogen) atoms. The number of hydrogen-bond donors (Lipinski definition) is 1. The molecule has 2 unspecified atom stereocenters. The van der Waals surface area contributed by atoms with Crippen LogP contribution in [-0.2, 0) is 4.79 Å². The summed E-state index contributed by atoms with van der Waals surface area (Å²) in [5.74, 6) is 1.12. The molecule has 1 aliphatic heterocycles. The first-order valence-electron chi connectivity index (χ1n) is 8.66. The minimum absolute atomic E-state index is 0.0802. The second-order valence-corrected chi connectivity index (χ2v) is 6.59. The fourth-order valence-electron chi connectivity index (χ4n) is 2.98. The van der Waals surface area contributed by atoms with Crippen LogP contribution in [0.1, 0.15) is 79.1 Å². The van der Waals surface area contributed by atoms with Crippen LogP contribution in [0, 0.1) is 5.92 Å². The van der Waals surface area contributed by atoms with Gasteiger partial charge in [0.1, 0.15) is 0 Å². The lowest BCUT2D eigenvalue weighted by atomic mass is 10.1. The molecule has 1 saturated heterocycles. The lowest BCUT2D eigenvalue weighted by molar-refractivity contribution is -0.130. The Morgan fingerprint density at radius 3 is 2.45 bits per heavy atom. The Morgan fingerprint density at radius 2 is 1.85 bits per heavy atom. The molecule has 0 aromatic carbocycles. The number of amides is 1. The summed E-state index contributed by atoms with van der Waals surface area (Å²) in [6.07, 6.45) is 9.46. The summed E-state index contributed by atoms with van der Waals surface area (Å²) in [7, 11) is 0. The van der Waals surface area contributed by atoms with E-state index in [2.05, 4.69) is 37.9 Å². The smallest absolute Gasteiger partial charge is 0.241 e. The third kappa shape index (κ3) is 5.43. The van der Waals surface area contributed by atoms with Crippen LogP contribution in [-0.4, -0.2) is 29.6 Å². The van der Waals surface area contributed by atoms with Crippen molar-refractivity contribution in [3.05, 3.63) is 0 Å². The molecule has 3 heteroatoms. The molecule has 1 heterocycles. The second-order valence-electron chi connectivity index (χ2n) is 6.59. The number of carbonyl (C=O) groups is 1. The summed E-state index contributed by atoms with van der Waals surface area (Å²) in [6.45, 7) is 9.85. The number of unbranched alkanes of at least 4 members (excludes halogenated alkanes) is 2. The maximum atomic E-state index is 12.5. The average Bonchev–Trinajstić information content (AvgIpc) is 2.69. The summed E-state index contributed by atoms with van der Waals surface area (Å²) in [5, 5.41) is 3.55. The summed E-state index contributed by atoms with van der Waals surface area (Å²) >= 11 is 0. The molecule has 118 valence electrons. The Labute approximate surface area is 125 Å². The molecule has 0 saturated carbocycles. The Bertz CT molecular complexity index is 278. The van der Waals surface area contributed by atoms with E-state index in [0.29, 0.717) is 5.91 Å². The molecule has 0 bridgehead atoms. The third-order valence-electron chi connectivity index (χ3n) is 4.19. The first-order chi connectivity index (χ1) is 9.60. The topological polar surface area (TPSA) is 32.3 Å².